The summed E-state index contributed by atoms with van der Waals surface area (Å²) in [5.41, 5.74) is 0.418. The van der Waals surface area contributed by atoms with E-state index in [-0.39, 0.29) is 5.91 Å². The molecular weight excluding hydrogens is 314 g/mol. The van der Waals surface area contributed by atoms with Crippen LogP contribution in [0.1, 0.15) is 51.0 Å². The Morgan fingerprint density at radius 2 is 2.08 bits per heavy atom. The van der Waals surface area contributed by atoms with Gasteiger partial charge >= 0.3 is 0 Å². The molecule has 0 radical (unpaired) electrons. The number of β-amino-alcohol motifs (C(OH)–C–C–N with tert-alkyl or cyclic N) is 1. The van der Waals surface area contributed by atoms with Crippen LogP contribution in [0.5, 0.6) is 0 Å². The quantitative estimate of drug-likeness (QED) is 0.825. The lowest BCUT2D eigenvalue weighted by molar-refractivity contribution is -0.132. The molecule has 1 saturated heterocycles. The maximum Gasteiger partial charge on any atom is 0.222 e. The van der Waals surface area contributed by atoms with Crippen LogP contribution in [0.4, 0.5) is 0 Å². The molecule has 1 aliphatic carbocycles. The zero-order chi connectivity index (χ0) is 17.7. The highest BCUT2D eigenvalue weighted by atomic mass is 16.3. The monoisotopic (exact) mass is 345 g/mol. The fraction of sp³-hybridized carbons (Fsp3) is 0.700. The van der Waals surface area contributed by atoms with Gasteiger partial charge in [-0.25, -0.2) is 0 Å². The minimum Gasteiger partial charge on any atom is -0.387 e. The highest BCUT2D eigenvalue weighted by Gasteiger charge is 2.39. The second-order valence-corrected chi connectivity index (χ2v) is 7.80. The van der Waals surface area contributed by atoms with E-state index in [1.54, 1.807) is 12.4 Å². The van der Waals surface area contributed by atoms with Crippen LogP contribution >= 0.6 is 0 Å². The molecule has 2 heterocycles. The van der Waals surface area contributed by atoms with E-state index >= 15 is 0 Å². The Labute approximate surface area is 151 Å². The first-order chi connectivity index (χ1) is 12.1. The molecule has 1 aromatic rings. The third-order valence-corrected chi connectivity index (χ3v) is 5.74. The molecule has 0 aromatic carbocycles. The number of carbonyl (C=O) groups excluding carboxylic acids is 1. The molecule has 0 bridgehead atoms. The summed E-state index contributed by atoms with van der Waals surface area (Å²) in [4.78, 5) is 20.7. The third-order valence-electron chi connectivity index (χ3n) is 5.74. The minimum absolute atomic E-state index is 0.236. The van der Waals surface area contributed by atoms with Crippen LogP contribution in [-0.4, -0.2) is 57.6 Å². The van der Waals surface area contributed by atoms with Gasteiger partial charge in [0, 0.05) is 38.4 Å². The van der Waals surface area contributed by atoms with Gasteiger partial charge in [0.1, 0.15) is 0 Å². The van der Waals surface area contributed by atoms with Gasteiger partial charge in [-0.1, -0.05) is 19.8 Å². The summed E-state index contributed by atoms with van der Waals surface area (Å²) in [6, 6.07) is 4.03. The molecular formula is C20H31N3O2. The molecule has 2 aliphatic rings. The predicted octanol–water partition coefficient (Wildman–Crippen LogP) is 2.45. The van der Waals surface area contributed by atoms with Gasteiger partial charge in [0.05, 0.1) is 12.1 Å². The van der Waals surface area contributed by atoms with Crippen molar-refractivity contribution in [2.45, 2.75) is 57.6 Å². The van der Waals surface area contributed by atoms with E-state index in [1.807, 2.05) is 17.0 Å². The van der Waals surface area contributed by atoms with Crippen LogP contribution in [-0.2, 0) is 11.3 Å². The van der Waals surface area contributed by atoms with E-state index < -0.39 is 5.60 Å². The summed E-state index contributed by atoms with van der Waals surface area (Å²) < 4.78 is 0. The Morgan fingerprint density at radius 3 is 2.76 bits per heavy atom. The lowest BCUT2D eigenvalue weighted by Gasteiger charge is -2.31. The van der Waals surface area contributed by atoms with Crippen LogP contribution in [0, 0.1) is 5.92 Å². The summed E-state index contributed by atoms with van der Waals surface area (Å²) in [7, 11) is 0. The number of nitrogens with zero attached hydrogens (tertiary/aromatic N) is 3. The van der Waals surface area contributed by atoms with E-state index in [0.717, 1.165) is 13.1 Å². The van der Waals surface area contributed by atoms with Crippen molar-refractivity contribution in [3.63, 3.8) is 0 Å². The van der Waals surface area contributed by atoms with Gasteiger partial charge in [-0.3, -0.25) is 14.7 Å². The SMILES string of the molecule is CCN(Cc1ccncc1)CC1(O)CCN(C(=O)CC2CCCC2)C1. The molecule has 5 heteroatoms. The van der Waals surface area contributed by atoms with E-state index in [1.165, 1.54) is 31.2 Å². The minimum atomic E-state index is -0.783. The summed E-state index contributed by atoms with van der Waals surface area (Å²) in [6.45, 7) is 5.57. The van der Waals surface area contributed by atoms with Gasteiger partial charge in [0.15, 0.2) is 0 Å². The number of amides is 1. The molecule has 1 atom stereocenters. The molecule has 1 amide bonds. The Morgan fingerprint density at radius 1 is 1.36 bits per heavy atom. The summed E-state index contributed by atoms with van der Waals surface area (Å²) in [6.07, 6.45) is 9.87. The lowest BCUT2D eigenvalue weighted by Crippen LogP contribution is -2.45. The normalized spacial score (nSPS) is 24.4. The Kier molecular flexibility index (Phi) is 6.07. The molecule has 25 heavy (non-hydrogen) atoms. The first-order valence-corrected chi connectivity index (χ1v) is 9.69. The molecule has 0 spiro atoms. The number of rotatable bonds is 7. The zero-order valence-corrected chi connectivity index (χ0v) is 15.4. The van der Waals surface area contributed by atoms with Gasteiger partial charge < -0.3 is 10.0 Å². The Balaban J connectivity index is 1.52. The molecule has 1 aliphatic heterocycles. The van der Waals surface area contributed by atoms with E-state index in [0.29, 0.717) is 38.4 Å². The zero-order valence-electron chi connectivity index (χ0n) is 15.4. The second kappa shape index (κ2) is 8.28. The molecule has 1 saturated carbocycles. The van der Waals surface area contributed by atoms with Crippen LogP contribution in [0.3, 0.4) is 0 Å². The number of aliphatic hydroxyl groups is 1. The molecule has 1 N–H and O–H groups in total. The summed E-state index contributed by atoms with van der Waals surface area (Å²) in [5, 5.41) is 11.0. The summed E-state index contributed by atoms with van der Waals surface area (Å²) >= 11 is 0. The fourth-order valence-corrected chi connectivity index (χ4v) is 4.23. The number of hydrogen-bond acceptors (Lipinski definition) is 4. The molecule has 5 nitrogen and oxygen atoms in total. The highest BCUT2D eigenvalue weighted by Crippen LogP contribution is 2.30. The van der Waals surface area contributed by atoms with Crippen LogP contribution in [0.15, 0.2) is 24.5 Å². The lowest BCUT2D eigenvalue weighted by atomic mass is 10.0. The fourth-order valence-electron chi connectivity index (χ4n) is 4.23. The van der Waals surface area contributed by atoms with E-state index in [2.05, 4.69) is 16.8 Å². The number of aromatic nitrogens is 1. The van der Waals surface area contributed by atoms with Crippen LogP contribution in [0.2, 0.25) is 0 Å². The smallest absolute Gasteiger partial charge is 0.222 e. The van der Waals surface area contributed by atoms with Crippen molar-refractivity contribution in [2.75, 3.05) is 26.2 Å². The van der Waals surface area contributed by atoms with Gasteiger partial charge in [0.25, 0.3) is 0 Å². The average Bonchev–Trinajstić information content (AvgIpc) is 3.25. The summed E-state index contributed by atoms with van der Waals surface area (Å²) in [5.74, 6) is 0.806. The van der Waals surface area contributed by atoms with Gasteiger partial charge in [0.2, 0.25) is 5.91 Å². The first-order valence-electron chi connectivity index (χ1n) is 9.69. The van der Waals surface area contributed by atoms with Crippen molar-refractivity contribution in [1.82, 2.24) is 14.8 Å². The second-order valence-electron chi connectivity index (χ2n) is 7.80. The number of pyridine rings is 1. The molecule has 138 valence electrons. The first kappa shape index (κ1) is 18.3. The van der Waals surface area contributed by atoms with Gasteiger partial charge in [-0.15, -0.1) is 0 Å². The maximum atomic E-state index is 12.5. The topological polar surface area (TPSA) is 56.7 Å². The Bertz CT molecular complexity index is 559. The highest BCUT2D eigenvalue weighted by molar-refractivity contribution is 5.77. The number of carbonyl (C=O) groups is 1. The average molecular weight is 345 g/mol. The van der Waals surface area contributed by atoms with Crippen molar-refractivity contribution in [3.05, 3.63) is 30.1 Å². The Hall–Kier alpha value is -1.46. The van der Waals surface area contributed by atoms with Crippen molar-refractivity contribution >= 4 is 5.91 Å². The largest absolute Gasteiger partial charge is 0.387 e. The predicted molar refractivity (Wildman–Crippen MR) is 97.9 cm³/mol. The van der Waals surface area contributed by atoms with Crippen molar-refractivity contribution in [1.29, 1.82) is 0 Å². The van der Waals surface area contributed by atoms with E-state index in [4.69, 9.17) is 0 Å². The van der Waals surface area contributed by atoms with Gasteiger partial charge in [-0.2, -0.15) is 0 Å². The van der Waals surface area contributed by atoms with Crippen molar-refractivity contribution in [3.8, 4) is 0 Å². The van der Waals surface area contributed by atoms with Crippen molar-refractivity contribution in [2.24, 2.45) is 5.92 Å². The van der Waals surface area contributed by atoms with Crippen LogP contribution in [0.25, 0.3) is 0 Å². The van der Waals surface area contributed by atoms with Crippen LogP contribution < -0.4 is 0 Å². The number of likely N-dealkylation sites (tertiary alicyclic amines) is 1. The van der Waals surface area contributed by atoms with Crippen molar-refractivity contribution < 1.29 is 9.90 Å². The van der Waals surface area contributed by atoms with E-state index in [9.17, 15) is 9.90 Å². The maximum absolute atomic E-state index is 12.5. The molecule has 1 aromatic heterocycles. The number of hydrogen-bond donors (Lipinski definition) is 1. The molecule has 2 fully saturated rings. The standard InChI is InChI=1S/C20H31N3O2/c1-2-22(14-18-7-10-21-11-8-18)15-20(25)9-12-23(16-20)19(24)13-17-5-3-4-6-17/h7-8,10-11,17,25H,2-6,9,12-16H2,1H3. The van der Waals surface area contributed by atoms with Gasteiger partial charge in [-0.05, 0) is 49.4 Å². The third kappa shape index (κ3) is 5.02. The molecule has 1 unspecified atom stereocenters. The molecule has 3 rings (SSSR count). The number of likely N-dealkylation sites (N-methyl/N-ethyl adjacent to an activating group) is 1.